The van der Waals surface area contributed by atoms with Crippen molar-refractivity contribution >= 4 is 16.7 Å². The molecule has 10 heteroatoms. The van der Waals surface area contributed by atoms with Crippen molar-refractivity contribution in [3.63, 3.8) is 0 Å². The molecule has 38 heavy (non-hydrogen) atoms. The van der Waals surface area contributed by atoms with Gasteiger partial charge in [-0.1, -0.05) is 12.1 Å². The zero-order valence-corrected chi connectivity index (χ0v) is 22.5. The lowest BCUT2D eigenvalue weighted by Crippen LogP contribution is -2.41. The van der Waals surface area contributed by atoms with E-state index in [2.05, 4.69) is 15.3 Å². The van der Waals surface area contributed by atoms with Gasteiger partial charge in [-0.05, 0) is 52.7 Å². The van der Waals surface area contributed by atoms with Crippen LogP contribution in [0.25, 0.3) is 10.9 Å². The van der Waals surface area contributed by atoms with Crippen molar-refractivity contribution in [2.75, 3.05) is 26.1 Å². The molecule has 4 rings (SSSR count). The van der Waals surface area contributed by atoms with Crippen molar-refractivity contribution < 1.29 is 32.5 Å². The molecule has 0 bridgehead atoms. The third-order valence-corrected chi connectivity index (χ3v) is 7.21. The van der Waals surface area contributed by atoms with Crippen LogP contribution < -0.4 is 14.8 Å². The molecule has 1 unspecified atom stereocenters. The minimum absolute atomic E-state index is 0.00434. The lowest BCUT2D eigenvalue weighted by Gasteiger charge is -2.30. The van der Waals surface area contributed by atoms with Crippen LogP contribution in [0.1, 0.15) is 50.6 Å². The van der Waals surface area contributed by atoms with Gasteiger partial charge in [-0.3, -0.25) is 0 Å². The Morgan fingerprint density at radius 3 is 2.45 bits per heavy atom. The molecule has 1 aliphatic carbocycles. The summed E-state index contributed by atoms with van der Waals surface area (Å²) in [6.07, 6.45) is 1.87. The lowest BCUT2D eigenvalue weighted by molar-refractivity contribution is -0.170. The number of nitrogens with zero attached hydrogens (tertiary/aromatic N) is 2. The molecule has 1 fully saturated rings. The van der Waals surface area contributed by atoms with Crippen molar-refractivity contribution in [2.45, 2.75) is 64.7 Å². The van der Waals surface area contributed by atoms with Gasteiger partial charge in [0.25, 0.3) is 0 Å². The number of rotatable bonds is 11. The smallest absolute Gasteiger partial charge is 0.303 e. The zero-order valence-electron chi connectivity index (χ0n) is 22.5. The Balaban J connectivity index is 1.66. The zero-order chi connectivity index (χ0) is 27.9. The third-order valence-electron chi connectivity index (χ3n) is 7.21. The number of hydrogen-bond acceptors (Lipinski definition) is 7. The van der Waals surface area contributed by atoms with Crippen LogP contribution in [0.3, 0.4) is 0 Å². The number of benzene rings is 2. The average molecular weight is 534 g/mol. The summed E-state index contributed by atoms with van der Waals surface area (Å²) in [6.45, 7) is 6.08. The summed E-state index contributed by atoms with van der Waals surface area (Å²) in [7, 11) is 3.22. The molecule has 2 aromatic carbocycles. The second-order valence-corrected chi connectivity index (χ2v) is 10.5. The molecule has 0 saturated heterocycles. The van der Waals surface area contributed by atoms with Gasteiger partial charge in [0.05, 0.1) is 24.8 Å². The molecule has 3 aromatic rings. The Morgan fingerprint density at radius 1 is 1.13 bits per heavy atom. The Labute approximate surface area is 220 Å². The molecular weight excluding hydrogens is 499 g/mol. The largest absolute Gasteiger partial charge is 0.493 e. The quantitative estimate of drug-likeness (QED) is 0.324. The molecular formula is C28H34F3N3O4. The maximum Gasteiger partial charge on any atom is 0.303 e. The molecule has 1 atom stereocenters. The highest BCUT2D eigenvalue weighted by atomic mass is 19.3. The fraction of sp³-hybridized carbons (Fsp3) is 0.500. The van der Waals surface area contributed by atoms with Crippen LogP contribution in [0.4, 0.5) is 19.0 Å². The molecule has 0 aliphatic heterocycles. The van der Waals surface area contributed by atoms with E-state index in [0.717, 1.165) is 32.8 Å². The average Bonchev–Trinajstić information content (AvgIpc) is 3.63. The van der Waals surface area contributed by atoms with E-state index in [1.54, 1.807) is 33.3 Å². The highest BCUT2D eigenvalue weighted by molar-refractivity contribution is 5.91. The summed E-state index contributed by atoms with van der Waals surface area (Å²) in [4.78, 5) is 8.97. The number of anilines is 1. The van der Waals surface area contributed by atoms with Gasteiger partial charge >= 0.3 is 5.92 Å². The molecule has 1 aliphatic rings. The van der Waals surface area contributed by atoms with Crippen LogP contribution in [0.2, 0.25) is 0 Å². The van der Waals surface area contributed by atoms with Gasteiger partial charge in [-0.15, -0.1) is 0 Å². The molecule has 1 heterocycles. The fourth-order valence-corrected chi connectivity index (χ4v) is 4.54. The van der Waals surface area contributed by atoms with Gasteiger partial charge in [0.1, 0.15) is 29.2 Å². The topological polar surface area (TPSA) is 85.7 Å². The van der Waals surface area contributed by atoms with Gasteiger partial charge < -0.3 is 24.6 Å². The molecule has 7 nitrogen and oxygen atoms in total. The van der Waals surface area contributed by atoms with Crippen LogP contribution in [0, 0.1) is 18.2 Å². The minimum Gasteiger partial charge on any atom is -0.493 e. The van der Waals surface area contributed by atoms with Crippen molar-refractivity contribution in [3.05, 3.63) is 53.1 Å². The summed E-state index contributed by atoms with van der Waals surface area (Å²) >= 11 is 0. The molecule has 0 spiro atoms. The Kier molecular flexibility index (Phi) is 7.51. The summed E-state index contributed by atoms with van der Waals surface area (Å²) in [5.41, 5.74) is -2.77. The highest BCUT2D eigenvalue weighted by Gasteiger charge is 2.50. The van der Waals surface area contributed by atoms with E-state index in [4.69, 9.17) is 14.2 Å². The molecule has 206 valence electrons. The second kappa shape index (κ2) is 10.2. The summed E-state index contributed by atoms with van der Waals surface area (Å²) < 4.78 is 61.9. The normalized spacial score (nSPS) is 15.8. The molecule has 0 radical (unpaired) electrons. The summed E-state index contributed by atoms with van der Waals surface area (Å²) in [5.74, 6) is -3.01. The molecule has 1 aromatic heterocycles. The van der Waals surface area contributed by atoms with Crippen LogP contribution >= 0.6 is 0 Å². The predicted octanol–water partition coefficient (Wildman–Crippen LogP) is 5.75. The Bertz CT molecular complexity index is 1320. The van der Waals surface area contributed by atoms with E-state index in [1.807, 2.05) is 6.92 Å². The number of ether oxygens (including phenoxy) is 3. The van der Waals surface area contributed by atoms with Gasteiger partial charge in [0.2, 0.25) is 0 Å². The van der Waals surface area contributed by atoms with E-state index in [-0.39, 0.29) is 23.6 Å². The number of alkyl halides is 2. The van der Waals surface area contributed by atoms with Gasteiger partial charge in [-0.25, -0.2) is 14.4 Å². The third kappa shape index (κ3) is 5.24. The van der Waals surface area contributed by atoms with Crippen LogP contribution in [-0.4, -0.2) is 47.6 Å². The lowest BCUT2D eigenvalue weighted by atomic mass is 9.92. The number of aryl methyl sites for hydroxylation is 1. The Hall–Kier alpha value is -3.11. The van der Waals surface area contributed by atoms with Gasteiger partial charge in [-0.2, -0.15) is 8.78 Å². The van der Waals surface area contributed by atoms with Gasteiger partial charge in [0.15, 0.2) is 11.5 Å². The second-order valence-electron chi connectivity index (χ2n) is 10.5. The molecule has 0 amide bonds. The maximum atomic E-state index is 15.2. The van der Waals surface area contributed by atoms with Crippen LogP contribution in [0.5, 0.6) is 11.5 Å². The number of fused-ring (bicyclic) bond motifs is 1. The van der Waals surface area contributed by atoms with E-state index < -0.39 is 22.9 Å². The maximum absolute atomic E-state index is 15.2. The number of aliphatic hydroxyl groups is 1. The van der Waals surface area contributed by atoms with Gasteiger partial charge in [0, 0.05) is 36.1 Å². The minimum atomic E-state index is -3.79. The van der Waals surface area contributed by atoms with E-state index in [9.17, 15) is 13.9 Å². The van der Waals surface area contributed by atoms with E-state index in [1.165, 1.54) is 12.1 Å². The first kappa shape index (κ1) is 27.9. The van der Waals surface area contributed by atoms with Crippen molar-refractivity contribution in [2.24, 2.45) is 5.41 Å². The first-order valence-electron chi connectivity index (χ1n) is 12.5. The fourth-order valence-electron chi connectivity index (χ4n) is 4.54. The van der Waals surface area contributed by atoms with Crippen LogP contribution in [-0.2, 0) is 17.2 Å². The van der Waals surface area contributed by atoms with Crippen molar-refractivity contribution in [3.8, 4) is 11.5 Å². The number of hydrogen-bond donors (Lipinski definition) is 2. The van der Waals surface area contributed by atoms with Crippen molar-refractivity contribution in [1.29, 1.82) is 0 Å². The highest BCUT2D eigenvalue weighted by Crippen LogP contribution is 2.51. The van der Waals surface area contributed by atoms with E-state index in [0.29, 0.717) is 40.7 Å². The van der Waals surface area contributed by atoms with Crippen molar-refractivity contribution in [1.82, 2.24) is 9.97 Å². The Morgan fingerprint density at radius 2 is 1.84 bits per heavy atom. The number of halogens is 3. The summed E-state index contributed by atoms with van der Waals surface area (Å²) in [6, 6.07) is 7.24. The predicted molar refractivity (Wildman–Crippen MR) is 138 cm³/mol. The number of nitrogens with one attached hydrogen (secondary N) is 1. The summed E-state index contributed by atoms with van der Waals surface area (Å²) in [5, 5.41) is 13.6. The standard InChI is InChI=1S/C28H34F3N3O4/c1-16(27(10-11-27)15-36-5)38-23-12-19-21(13-22(23)37-6)33-17(2)34-25(19)32-14-18-8-7-9-20(24(18)29)28(30,31)26(3,4)35/h7-9,12-13,16,35H,10-11,14-15H2,1-6H3,(H,32,33,34). The first-order chi connectivity index (χ1) is 17.8. The molecule has 2 N–H and O–H groups in total. The SMILES string of the molecule is COCC1(C(C)Oc2cc3c(NCc4cccc(C(F)(F)C(C)(C)O)c4F)nc(C)nc3cc2OC)CC1. The molecule has 1 saturated carbocycles. The van der Waals surface area contributed by atoms with E-state index >= 15 is 4.39 Å². The number of aromatic nitrogens is 2. The monoisotopic (exact) mass is 533 g/mol. The van der Waals surface area contributed by atoms with Crippen LogP contribution in [0.15, 0.2) is 30.3 Å². The first-order valence-corrected chi connectivity index (χ1v) is 12.5. The number of methoxy groups -OCH3 is 2.